The monoisotopic (exact) mass is 249 g/mol. The van der Waals surface area contributed by atoms with Crippen LogP contribution in [0.2, 0.25) is 0 Å². The van der Waals surface area contributed by atoms with Crippen molar-refractivity contribution in [3.8, 4) is 0 Å². The molecule has 0 aromatic carbocycles. The van der Waals surface area contributed by atoms with Crippen LogP contribution in [0, 0.1) is 0 Å². The molecule has 0 atom stereocenters. The maximum atomic E-state index is 11.2. The van der Waals surface area contributed by atoms with Crippen molar-refractivity contribution in [2.75, 3.05) is 26.2 Å². The molecule has 100 valence electrons. The molecule has 1 amide bonds. The van der Waals surface area contributed by atoms with E-state index in [-0.39, 0.29) is 5.91 Å². The van der Waals surface area contributed by atoms with E-state index >= 15 is 0 Å². The Morgan fingerprint density at radius 2 is 1.83 bits per heavy atom. The lowest BCUT2D eigenvalue weighted by Crippen LogP contribution is -2.49. The summed E-state index contributed by atoms with van der Waals surface area (Å²) in [6.07, 6.45) is 8.78. The van der Waals surface area contributed by atoms with E-state index in [2.05, 4.69) is 16.0 Å². The van der Waals surface area contributed by atoms with Crippen molar-refractivity contribution in [1.82, 2.24) is 9.80 Å². The van der Waals surface area contributed by atoms with Crippen molar-refractivity contribution < 1.29 is 4.79 Å². The minimum Gasteiger partial charge on any atom is -0.356 e. The van der Waals surface area contributed by atoms with Crippen LogP contribution in [0.3, 0.4) is 0 Å². The molecule has 0 N–H and O–H groups in total. The summed E-state index contributed by atoms with van der Waals surface area (Å²) in [4.78, 5) is 19.8. The highest BCUT2D eigenvalue weighted by molar-refractivity contribution is 5.85. The Morgan fingerprint density at radius 3 is 2.44 bits per heavy atom. The predicted molar refractivity (Wildman–Crippen MR) is 75.5 cm³/mol. The van der Waals surface area contributed by atoms with Crippen LogP contribution in [0.5, 0.6) is 0 Å². The number of piperazine rings is 1. The zero-order chi connectivity index (χ0) is 13.4. The molecule has 0 saturated carbocycles. The SMILES string of the molecule is CC.CC(=O)N1CCN(C2=NC=CC=CC2)CC1. The first-order valence-electron chi connectivity index (χ1n) is 6.66. The fourth-order valence-corrected chi connectivity index (χ4v) is 1.97. The average molecular weight is 249 g/mol. The van der Waals surface area contributed by atoms with Crippen LogP contribution in [-0.4, -0.2) is 47.7 Å². The second-order valence-corrected chi connectivity index (χ2v) is 4.01. The van der Waals surface area contributed by atoms with Crippen LogP contribution in [0.15, 0.2) is 29.4 Å². The summed E-state index contributed by atoms with van der Waals surface area (Å²) in [6.45, 7) is 9.02. The Bertz CT molecular complexity index is 350. The van der Waals surface area contributed by atoms with Crippen LogP contribution < -0.4 is 0 Å². The minimum absolute atomic E-state index is 0.169. The van der Waals surface area contributed by atoms with Gasteiger partial charge in [0.05, 0.1) is 0 Å². The van der Waals surface area contributed by atoms with E-state index in [0.29, 0.717) is 0 Å². The molecule has 1 saturated heterocycles. The first kappa shape index (κ1) is 14.5. The Hall–Kier alpha value is -1.58. The van der Waals surface area contributed by atoms with E-state index in [1.807, 2.05) is 37.1 Å². The summed E-state index contributed by atoms with van der Waals surface area (Å²) >= 11 is 0. The summed E-state index contributed by atoms with van der Waals surface area (Å²) < 4.78 is 0. The fourth-order valence-electron chi connectivity index (χ4n) is 1.97. The zero-order valence-electron chi connectivity index (χ0n) is 11.6. The predicted octanol–water partition coefficient (Wildman–Crippen LogP) is 2.05. The number of carbonyl (C=O) groups is 1. The number of carbonyl (C=O) groups excluding carboxylic acids is 1. The van der Waals surface area contributed by atoms with Gasteiger partial charge in [-0.2, -0.15) is 0 Å². The number of nitrogens with zero attached hydrogens (tertiary/aromatic N) is 3. The highest BCUT2D eigenvalue weighted by atomic mass is 16.2. The molecular weight excluding hydrogens is 226 g/mol. The van der Waals surface area contributed by atoms with Crippen molar-refractivity contribution in [3.63, 3.8) is 0 Å². The zero-order valence-corrected chi connectivity index (χ0v) is 11.6. The normalized spacial score (nSPS) is 18.7. The molecule has 18 heavy (non-hydrogen) atoms. The van der Waals surface area contributed by atoms with Crippen LogP contribution in [-0.2, 0) is 4.79 Å². The molecule has 0 aromatic heterocycles. The van der Waals surface area contributed by atoms with Gasteiger partial charge in [-0.15, -0.1) is 0 Å². The third kappa shape index (κ3) is 4.02. The Balaban J connectivity index is 0.000000771. The maximum absolute atomic E-state index is 11.2. The minimum atomic E-state index is 0.169. The molecule has 4 nitrogen and oxygen atoms in total. The van der Waals surface area contributed by atoms with Gasteiger partial charge in [-0.25, -0.2) is 4.99 Å². The number of rotatable bonds is 0. The number of hydrogen-bond acceptors (Lipinski definition) is 3. The lowest BCUT2D eigenvalue weighted by atomic mass is 10.2. The molecule has 4 heteroatoms. The first-order valence-corrected chi connectivity index (χ1v) is 6.66. The highest BCUT2D eigenvalue weighted by Gasteiger charge is 2.20. The standard InChI is InChI=1S/C12H17N3O.C2H6/c1-11(16)14-7-9-15(10-8-14)12-5-3-2-4-6-13-12;1-2/h2-4,6H,5,7-10H2,1H3;1-2H3. The van der Waals surface area contributed by atoms with E-state index in [1.165, 1.54) is 0 Å². The van der Waals surface area contributed by atoms with Crippen LogP contribution in [0.1, 0.15) is 27.2 Å². The van der Waals surface area contributed by atoms with Crippen LogP contribution >= 0.6 is 0 Å². The first-order chi connectivity index (χ1) is 8.77. The van der Waals surface area contributed by atoms with Gasteiger partial charge >= 0.3 is 0 Å². The van der Waals surface area contributed by atoms with Crippen molar-refractivity contribution in [2.24, 2.45) is 4.99 Å². The molecule has 0 aromatic rings. The summed E-state index contributed by atoms with van der Waals surface area (Å²) in [5.74, 6) is 1.27. The number of amides is 1. The smallest absolute Gasteiger partial charge is 0.219 e. The third-order valence-corrected chi connectivity index (χ3v) is 2.95. The molecule has 0 bridgehead atoms. The van der Waals surface area contributed by atoms with E-state index in [4.69, 9.17) is 0 Å². The van der Waals surface area contributed by atoms with Gasteiger partial charge in [0, 0.05) is 45.7 Å². The average Bonchev–Trinajstić information content (AvgIpc) is 2.70. The van der Waals surface area contributed by atoms with E-state index in [0.717, 1.165) is 38.4 Å². The largest absolute Gasteiger partial charge is 0.356 e. The van der Waals surface area contributed by atoms with Crippen molar-refractivity contribution in [2.45, 2.75) is 27.2 Å². The van der Waals surface area contributed by atoms with Gasteiger partial charge in [-0.3, -0.25) is 4.79 Å². The van der Waals surface area contributed by atoms with Gasteiger partial charge in [0.1, 0.15) is 5.84 Å². The van der Waals surface area contributed by atoms with Crippen LogP contribution in [0.25, 0.3) is 0 Å². The van der Waals surface area contributed by atoms with E-state index in [9.17, 15) is 4.79 Å². The Labute approximate surface area is 110 Å². The topological polar surface area (TPSA) is 35.9 Å². The molecule has 0 unspecified atom stereocenters. The number of hydrogen-bond donors (Lipinski definition) is 0. The molecular formula is C14H23N3O. The van der Waals surface area contributed by atoms with Gasteiger partial charge in [0.25, 0.3) is 0 Å². The van der Waals surface area contributed by atoms with Crippen molar-refractivity contribution in [3.05, 3.63) is 24.4 Å². The summed E-state index contributed by atoms with van der Waals surface area (Å²) in [5, 5.41) is 0. The number of amidine groups is 1. The molecule has 1 fully saturated rings. The van der Waals surface area contributed by atoms with Crippen LogP contribution in [0.4, 0.5) is 0 Å². The second-order valence-electron chi connectivity index (χ2n) is 4.01. The molecule has 2 heterocycles. The fraction of sp³-hybridized carbons (Fsp3) is 0.571. The number of aliphatic imine (C=N–C) groups is 1. The van der Waals surface area contributed by atoms with Gasteiger partial charge in [-0.1, -0.05) is 26.0 Å². The third-order valence-electron chi connectivity index (χ3n) is 2.95. The lowest BCUT2D eigenvalue weighted by molar-refractivity contribution is -0.130. The highest BCUT2D eigenvalue weighted by Crippen LogP contribution is 2.08. The second kappa shape index (κ2) is 7.69. The molecule has 0 spiro atoms. The van der Waals surface area contributed by atoms with E-state index < -0.39 is 0 Å². The summed E-state index contributed by atoms with van der Waals surface area (Å²) in [6, 6.07) is 0. The summed E-state index contributed by atoms with van der Waals surface area (Å²) in [5.41, 5.74) is 0. The Kier molecular flexibility index (Phi) is 6.19. The van der Waals surface area contributed by atoms with Crippen molar-refractivity contribution >= 4 is 11.7 Å². The Morgan fingerprint density at radius 1 is 1.17 bits per heavy atom. The maximum Gasteiger partial charge on any atom is 0.219 e. The molecule has 0 radical (unpaired) electrons. The van der Waals surface area contributed by atoms with E-state index in [1.54, 1.807) is 6.92 Å². The molecule has 2 aliphatic rings. The molecule has 0 aliphatic carbocycles. The molecule has 2 rings (SSSR count). The van der Waals surface area contributed by atoms with Gasteiger partial charge in [-0.05, 0) is 6.08 Å². The van der Waals surface area contributed by atoms with Gasteiger partial charge in [0.15, 0.2) is 0 Å². The molecule has 2 aliphatic heterocycles. The number of allylic oxidation sites excluding steroid dienone is 2. The van der Waals surface area contributed by atoms with Crippen molar-refractivity contribution in [1.29, 1.82) is 0 Å². The summed E-state index contributed by atoms with van der Waals surface area (Å²) in [7, 11) is 0. The van der Waals surface area contributed by atoms with Gasteiger partial charge < -0.3 is 9.80 Å². The lowest BCUT2D eigenvalue weighted by Gasteiger charge is -2.35. The quantitative estimate of drug-likeness (QED) is 0.658. The van der Waals surface area contributed by atoms with Gasteiger partial charge in [0.2, 0.25) is 5.91 Å².